The fourth-order valence-corrected chi connectivity index (χ4v) is 2.73. The lowest BCUT2D eigenvalue weighted by Crippen LogP contribution is -2.29. The van der Waals surface area contributed by atoms with Crippen LogP contribution < -0.4 is 5.32 Å². The summed E-state index contributed by atoms with van der Waals surface area (Å²) in [4.78, 5) is 22.3. The van der Waals surface area contributed by atoms with E-state index in [1.165, 1.54) is 12.8 Å². The van der Waals surface area contributed by atoms with Crippen molar-refractivity contribution in [3.05, 3.63) is 18.1 Å². The number of methoxy groups -OCH3 is 1. The largest absolute Gasteiger partial charge is 0.383 e. The molecule has 1 amide bonds. The Balaban J connectivity index is 1.49. The van der Waals surface area contributed by atoms with E-state index in [0.29, 0.717) is 31.4 Å². The van der Waals surface area contributed by atoms with Crippen molar-refractivity contribution in [1.82, 2.24) is 14.9 Å². The molecular formula is C15H22N4O2. The number of likely N-dealkylation sites (tertiary alicyclic amines) is 1. The van der Waals surface area contributed by atoms with Crippen molar-refractivity contribution < 1.29 is 9.53 Å². The fourth-order valence-electron chi connectivity index (χ4n) is 2.73. The molecular weight excluding hydrogens is 268 g/mol. The summed E-state index contributed by atoms with van der Waals surface area (Å²) in [6.07, 6.45) is 4.71. The van der Waals surface area contributed by atoms with Crippen molar-refractivity contribution in [3.8, 4) is 0 Å². The van der Waals surface area contributed by atoms with Crippen LogP contribution in [0.4, 0.5) is 5.82 Å². The van der Waals surface area contributed by atoms with Crippen LogP contribution in [0.25, 0.3) is 0 Å². The first kappa shape index (κ1) is 14.3. The quantitative estimate of drug-likeness (QED) is 0.819. The molecule has 1 atom stereocenters. The number of anilines is 1. The zero-order chi connectivity index (χ0) is 14.7. The van der Waals surface area contributed by atoms with Crippen molar-refractivity contribution in [3.63, 3.8) is 0 Å². The van der Waals surface area contributed by atoms with Gasteiger partial charge in [-0.1, -0.05) is 0 Å². The summed E-state index contributed by atoms with van der Waals surface area (Å²) in [6, 6.07) is 2.04. The predicted octanol–water partition coefficient (Wildman–Crippen LogP) is 1.26. The molecule has 1 aromatic heterocycles. The van der Waals surface area contributed by atoms with Gasteiger partial charge in [-0.05, 0) is 12.8 Å². The molecule has 1 saturated carbocycles. The van der Waals surface area contributed by atoms with Gasteiger partial charge in [0, 0.05) is 56.8 Å². The maximum atomic E-state index is 11.9. The zero-order valence-corrected chi connectivity index (χ0v) is 12.4. The van der Waals surface area contributed by atoms with Gasteiger partial charge in [-0.3, -0.25) is 4.79 Å². The van der Waals surface area contributed by atoms with Gasteiger partial charge in [-0.2, -0.15) is 0 Å². The van der Waals surface area contributed by atoms with Crippen molar-refractivity contribution in [2.45, 2.75) is 25.2 Å². The van der Waals surface area contributed by atoms with E-state index < -0.39 is 0 Å². The highest BCUT2D eigenvalue weighted by atomic mass is 16.5. The third kappa shape index (κ3) is 3.69. The molecule has 1 aliphatic heterocycles. The first-order valence-corrected chi connectivity index (χ1v) is 7.59. The third-order valence-corrected chi connectivity index (χ3v) is 4.12. The van der Waals surface area contributed by atoms with Gasteiger partial charge >= 0.3 is 0 Å². The summed E-state index contributed by atoms with van der Waals surface area (Å²) in [7, 11) is 1.66. The lowest BCUT2D eigenvalue weighted by molar-refractivity contribution is -0.128. The molecule has 1 aliphatic carbocycles. The monoisotopic (exact) mass is 290 g/mol. The van der Waals surface area contributed by atoms with Crippen LogP contribution in [0, 0.1) is 5.92 Å². The second-order valence-electron chi connectivity index (χ2n) is 5.89. The number of nitrogens with zero attached hydrogens (tertiary/aromatic N) is 3. The van der Waals surface area contributed by atoms with Crippen LogP contribution in [0.5, 0.6) is 0 Å². The Bertz CT molecular complexity index is 504. The van der Waals surface area contributed by atoms with E-state index in [2.05, 4.69) is 15.3 Å². The number of carbonyl (C=O) groups excluding carboxylic acids is 1. The first-order valence-electron chi connectivity index (χ1n) is 7.59. The maximum Gasteiger partial charge on any atom is 0.223 e. The number of carbonyl (C=O) groups is 1. The summed E-state index contributed by atoms with van der Waals surface area (Å²) in [5.74, 6) is 2.06. The number of hydrogen-bond acceptors (Lipinski definition) is 5. The highest BCUT2D eigenvalue weighted by Gasteiger charge is 2.29. The molecule has 3 rings (SSSR count). The third-order valence-electron chi connectivity index (χ3n) is 4.12. The molecule has 2 heterocycles. The molecule has 21 heavy (non-hydrogen) atoms. The average Bonchev–Trinajstić information content (AvgIpc) is 3.28. The normalized spacial score (nSPS) is 21.9. The molecule has 6 heteroatoms. The molecule has 2 fully saturated rings. The van der Waals surface area contributed by atoms with Gasteiger partial charge in [0.2, 0.25) is 5.91 Å². The van der Waals surface area contributed by atoms with Crippen molar-refractivity contribution in [2.24, 2.45) is 5.92 Å². The molecule has 0 spiro atoms. The van der Waals surface area contributed by atoms with E-state index in [9.17, 15) is 4.79 Å². The van der Waals surface area contributed by atoms with Crippen LogP contribution in [-0.4, -0.2) is 54.1 Å². The molecule has 0 radical (unpaired) electrons. The van der Waals surface area contributed by atoms with Gasteiger partial charge < -0.3 is 15.0 Å². The Kier molecular flexibility index (Phi) is 4.34. The van der Waals surface area contributed by atoms with Crippen molar-refractivity contribution in [2.75, 3.05) is 38.7 Å². The first-order chi connectivity index (χ1) is 10.3. The number of rotatable bonds is 7. The van der Waals surface area contributed by atoms with Crippen LogP contribution in [-0.2, 0) is 9.53 Å². The second-order valence-corrected chi connectivity index (χ2v) is 5.89. The predicted molar refractivity (Wildman–Crippen MR) is 79.1 cm³/mol. The van der Waals surface area contributed by atoms with Gasteiger partial charge in [0.15, 0.2) is 0 Å². The van der Waals surface area contributed by atoms with Crippen molar-refractivity contribution >= 4 is 11.7 Å². The summed E-state index contributed by atoms with van der Waals surface area (Å²) in [5.41, 5.74) is 1.14. The topological polar surface area (TPSA) is 67.3 Å². The molecule has 114 valence electrons. The molecule has 0 bridgehead atoms. The van der Waals surface area contributed by atoms with Crippen LogP contribution in [0.2, 0.25) is 0 Å². The number of ether oxygens (including phenoxy) is 1. The zero-order valence-electron chi connectivity index (χ0n) is 12.4. The molecule has 1 saturated heterocycles. The minimum Gasteiger partial charge on any atom is -0.383 e. The smallest absolute Gasteiger partial charge is 0.223 e. The van der Waals surface area contributed by atoms with E-state index >= 15 is 0 Å². The Hall–Kier alpha value is -1.69. The highest BCUT2D eigenvalue weighted by Crippen LogP contribution is 2.39. The van der Waals surface area contributed by atoms with Crippen LogP contribution in [0.15, 0.2) is 12.4 Å². The van der Waals surface area contributed by atoms with Gasteiger partial charge in [0.1, 0.15) is 12.1 Å². The highest BCUT2D eigenvalue weighted by molar-refractivity contribution is 5.78. The van der Waals surface area contributed by atoms with E-state index in [0.717, 1.165) is 24.6 Å². The molecule has 6 nitrogen and oxygen atoms in total. The number of hydrogen-bond donors (Lipinski definition) is 1. The van der Waals surface area contributed by atoms with E-state index in [-0.39, 0.29) is 5.91 Å². The number of aromatic nitrogens is 2. The molecule has 1 aromatic rings. The molecule has 0 aromatic carbocycles. The summed E-state index contributed by atoms with van der Waals surface area (Å²) in [6.45, 7) is 2.86. The standard InChI is InChI=1S/C15H22N4O2/c1-21-5-4-19-9-11(6-15(19)20)8-16-14-7-13(12-2-3-12)17-10-18-14/h7,10-12H,2-6,8-9H2,1H3,(H,16,17,18)/t11-/m0/s1. The van der Waals surface area contributed by atoms with E-state index in [1.807, 2.05) is 11.0 Å². The Morgan fingerprint density at radius 1 is 1.43 bits per heavy atom. The van der Waals surface area contributed by atoms with Gasteiger partial charge in [0.25, 0.3) is 0 Å². The van der Waals surface area contributed by atoms with E-state index in [4.69, 9.17) is 4.74 Å². The van der Waals surface area contributed by atoms with Gasteiger partial charge in [-0.15, -0.1) is 0 Å². The van der Waals surface area contributed by atoms with Crippen LogP contribution in [0.3, 0.4) is 0 Å². The molecule has 2 aliphatic rings. The minimum absolute atomic E-state index is 0.222. The Morgan fingerprint density at radius 2 is 2.29 bits per heavy atom. The van der Waals surface area contributed by atoms with Gasteiger partial charge in [-0.25, -0.2) is 9.97 Å². The second kappa shape index (κ2) is 6.39. The van der Waals surface area contributed by atoms with E-state index in [1.54, 1.807) is 13.4 Å². The lowest BCUT2D eigenvalue weighted by Gasteiger charge is -2.16. The molecule has 0 unspecified atom stereocenters. The van der Waals surface area contributed by atoms with Gasteiger partial charge in [0.05, 0.1) is 6.61 Å². The summed E-state index contributed by atoms with van der Waals surface area (Å²) < 4.78 is 5.03. The fraction of sp³-hybridized carbons (Fsp3) is 0.667. The minimum atomic E-state index is 0.222. The summed E-state index contributed by atoms with van der Waals surface area (Å²) >= 11 is 0. The Labute approximate surface area is 124 Å². The summed E-state index contributed by atoms with van der Waals surface area (Å²) in [5, 5.41) is 3.35. The number of amides is 1. The van der Waals surface area contributed by atoms with Crippen molar-refractivity contribution in [1.29, 1.82) is 0 Å². The maximum absolute atomic E-state index is 11.9. The molecule has 1 N–H and O–H groups in total. The lowest BCUT2D eigenvalue weighted by atomic mass is 10.1. The SMILES string of the molecule is COCCN1C[C@H](CNc2cc(C3CC3)ncn2)CC1=O. The van der Waals surface area contributed by atoms with Crippen LogP contribution in [0.1, 0.15) is 30.9 Å². The number of nitrogens with one attached hydrogen (secondary N) is 1. The average molecular weight is 290 g/mol. The Morgan fingerprint density at radius 3 is 3.05 bits per heavy atom. The van der Waals surface area contributed by atoms with Crippen LogP contribution >= 0.6 is 0 Å².